The van der Waals surface area contributed by atoms with Crippen LogP contribution in [0.15, 0.2) is 35.9 Å². The predicted molar refractivity (Wildman–Crippen MR) is 130 cm³/mol. The lowest BCUT2D eigenvalue weighted by Gasteiger charge is -2.25. The molecule has 0 atom stereocenters. The number of rotatable bonds is 6. The second kappa shape index (κ2) is 9.98. The van der Waals surface area contributed by atoms with Crippen molar-refractivity contribution in [3.8, 4) is 11.8 Å². The van der Waals surface area contributed by atoms with E-state index in [9.17, 15) is 10.1 Å². The summed E-state index contributed by atoms with van der Waals surface area (Å²) in [5, 5.41) is 21.7. The Balaban J connectivity index is 1.56. The number of aryl methyl sites for hydroxylation is 2. The third-order valence-electron chi connectivity index (χ3n) is 5.67. The minimum absolute atomic E-state index is 0.0159. The number of para-hydroxylation sites is 1. The molecule has 1 aliphatic heterocycles. The van der Waals surface area contributed by atoms with Crippen molar-refractivity contribution in [2.24, 2.45) is 0 Å². The molecule has 0 aliphatic carbocycles. The number of carbonyl (C=O) groups is 1. The third kappa shape index (κ3) is 4.82. The molecule has 2 aromatic heterocycles. The second-order valence-electron chi connectivity index (χ2n) is 7.76. The Hall–Kier alpha value is -3.48. The predicted octanol–water partition coefficient (Wildman–Crippen LogP) is 3.89. The number of benzene rings is 1. The van der Waals surface area contributed by atoms with Crippen molar-refractivity contribution in [3.63, 3.8) is 0 Å². The Bertz CT molecular complexity index is 1230. The molecule has 33 heavy (non-hydrogen) atoms. The molecule has 1 fully saturated rings. The van der Waals surface area contributed by atoms with Gasteiger partial charge in [0.05, 0.1) is 13.2 Å². The van der Waals surface area contributed by atoms with Gasteiger partial charge in [-0.05, 0) is 49.6 Å². The van der Waals surface area contributed by atoms with Crippen LogP contribution in [0.25, 0.3) is 11.8 Å². The van der Waals surface area contributed by atoms with Gasteiger partial charge in [0.15, 0.2) is 0 Å². The third-order valence-corrected chi connectivity index (χ3v) is 6.56. The van der Waals surface area contributed by atoms with Gasteiger partial charge in [0.2, 0.25) is 10.3 Å². The molecule has 0 radical (unpaired) electrons. The van der Waals surface area contributed by atoms with Crippen LogP contribution in [0.1, 0.15) is 29.4 Å². The van der Waals surface area contributed by atoms with E-state index in [2.05, 4.69) is 44.0 Å². The highest BCUT2D eigenvalue weighted by molar-refractivity contribution is 7.19. The monoisotopic (exact) mass is 462 g/mol. The Kier molecular flexibility index (Phi) is 6.87. The number of nitrogens with one attached hydrogen (secondary N) is 1. The highest BCUT2D eigenvalue weighted by atomic mass is 32.1. The van der Waals surface area contributed by atoms with Crippen LogP contribution in [-0.2, 0) is 16.0 Å². The average Bonchev–Trinajstić information content (AvgIpc) is 3.41. The number of amides is 1. The first kappa shape index (κ1) is 22.7. The summed E-state index contributed by atoms with van der Waals surface area (Å²) >= 11 is 1.29. The molecule has 0 spiro atoms. The fraction of sp³-hybridized carbons (Fsp3) is 0.333. The molecule has 9 heteroatoms. The number of hydrogen-bond acceptors (Lipinski definition) is 7. The molecule has 8 nitrogen and oxygen atoms in total. The van der Waals surface area contributed by atoms with E-state index in [0.29, 0.717) is 18.3 Å². The minimum Gasteiger partial charge on any atom is -0.378 e. The van der Waals surface area contributed by atoms with Crippen LogP contribution in [0.2, 0.25) is 0 Å². The number of anilines is 2. The van der Waals surface area contributed by atoms with Gasteiger partial charge < -0.3 is 14.2 Å². The molecule has 1 saturated heterocycles. The number of hydrogen-bond donors (Lipinski definition) is 1. The Labute approximate surface area is 197 Å². The smallest absolute Gasteiger partial charge is 0.268 e. The number of nitrogens with zero attached hydrogens (tertiary/aromatic N) is 5. The lowest BCUT2D eigenvalue weighted by atomic mass is 10.1. The van der Waals surface area contributed by atoms with Gasteiger partial charge in [-0.2, -0.15) is 5.26 Å². The van der Waals surface area contributed by atoms with E-state index < -0.39 is 5.91 Å². The first-order chi connectivity index (χ1) is 16.0. The topological polar surface area (TPSA) is 96.1 Å². The van der Waals surface area contributed by atoms with Gasteiger partial charge >= 0.3 is 0 Å². The summed E-state index contributed by atoms with van der Waals surface area (Å²) in [5.74, 6) is -0.499. The van der Waals surface area contributed by atoms with Crippen molar-refractivity contribution < 1.29 is 9.53 Å². The van der Waals surface area contributed by atoms with Crippen molar-refractivity contribution in [3.05, 3.63) is 58.4 Å². The molecule has 0 bridgehead atoms. The standard InChI is InChI=1S/C24H26N6O2S/c1-4-18-7-5-6-8-21(18)30-16(2)13-19(17(30)3)14-20(15-25)22(31)26-23-27-28-24(33-23)29-9-11-32-12-10-29/h5-8,13-14H,4,9-12H2,1-3H3,(H,26,27,31)/b20-14-. The van der Waals surface area contributed by atoms with Crippen LogP contribution >= 0.6 is 11.3 Å². The maximum Gasteiger partial charge on any atom is 0.268 e. The maximum absolute atomic E-state index is 12.8. The normalized spacial score (nSPS) is 14.2. The van der Waals surface area contributed by atoms with E-state index in [1.165, 1.54) is 16.9 Å². The average molecular weight is 463 g/mol. The molecule has 170 valence electrons. The van der Waals surface area contributed by atoms with Gasteiger partial charge in [-0.3, -0.25) is 10.1 Å². The first-order valence-electron chi connectivity index (χ1n) is 10.9. The highest BCUT2D eigenvalue weighted by Gasteiger charge is 2.19. The lowest BCUT2D eigenvalue weighted by Crippen LogP contribution is -2.36. The molecule has 1 N–H and O–H groups in total. The van der Waals surface area contributed by atoms with Gasteiger partial charge in [0.1, 0.15) is 11.6 Å². The maximum atomic E-state index is 12.8. The molecule has 1 aliphatic rings. The number of carbonyl (C=O) groups excluding carboxylic acids is 1. The van der Waals surface area contributed by atoms with Gasteiger partial charge in [0.25, 0.3) is 5.91 Å². The van der Waals surface area contributed by atoms with Crippen molar-refractivity contribution in [1.82, 2.24) is 14.8 Å². The Morgan fingerprint density at radius 1 is 1.27 bits per heavy atom. The number of ether oxygens (including phenoxy) is 1. The summed E-state index contributed by atoms with van der Waals surface area (Å²) < 4.78 is 7.52. The van der Waals surface area contributed by atoms with Gasteiger partial charge in [-0.15, -0.1) is 10.2 Å². The SMILES string of the molecule is CCc1ccccc1-n1c(C)cc(/C=C(/C#N)C(=O)Nc2nnc(N3CCOCC3)s2)c1C. The fourth-order valence-corrected chi connectivity index (χ4v) is 4.74. The van der Waals surface area contributed by atoms with E-state index >= 15 is 0 Å². The summed E-state index contributed by atoms with van der Waals surface area (Å²) in [6, 6.07) is 12.3. The van der Waals surface area contributed by atoms with Crippen LogP contribution in [0.4, 0.5) is 10.3 Å². The van der Waals surface area contributed by atoms with Crippen LogP contribution < -0.4 is 10.2 Å². The summed E-state index contributed by atoms with van der Waals surface area (Å²) in [5.41, 5.74) is 5.21. The molecule has 4 rings (SSSR count). The van der Waals surface area contributed by atoms with Crippen LogP contribution in [0, 0.1) is 25.2 Å². The van der Waals surface area contributed by atoms with E-state index in [1.54, 1.807) is 6.08 Å². The second-order valence-corrected chi connectivity index (χ2v) is 8.71. The largest absolute Gasteiger partial charge is 0.378 e. The minimum atomic E-state index is -0.499. The highest BCUT2D eigenvalue weighted by Crippen LogP contribution is 2.27. The molecule has 1 aromatic carbocycles. The number of morpholine rings is 1. The van der Waals surface area contributed by atoms with Crippen molar-refractivity contribution in [1.29, 1.82) is 5.26 Å². The van der Waals surface area contributed by atoms with Gasteiger partial charge in [-0.25, -0.2) is 0 Å². The number of nitriles is 1. The van der Waals surface area contributed by atoms with E-state index in [4.69, 9.17) is 4.74 Å². The molecular weight excluding hydrogens is 436 g/mol. The molecular formula is C24H26N6O2S. The molecule has 1 amide bonds. The molecule has 0 unspecified atom stereocenters. The number of aromatic nitrogens is 3. The van der Waals surface area contributed by atoms with Crippen molar-refractivity contribution in [2.45, 2.75) is 27.2 Å². The zero-order chi connectivity index (χ0) is 23.4. The summed E-state index contributed by atoms with van der Waals surface area (Å²) in [6.07, 6.45) is 2.55. The summed E-state index contributed by atoms with van der Waals surface area (Å²) in [7, 11) is 0. The Morgan fingerprint density at radius 3 is 2.76 bits per heavy atom. The first-order valence-corrected chi connectivity index (χ1v) is 11.7. The van der Waals surface area contributed by atoms with Gasteiger partial charge in [-0.1, -0.05) is 36.5 Å². The van der Waals surface area contributed by atoms with Crippen molar-refractivity contribution >= 4 is 33.6 Å². The zero-order valence-corrected chi connectivity index (χ0v) is 19.8. The van der Waals surface area contributed by atoms with Crippen molar-refractivity contribution in [2.75, 3.05) is 36.5 Å². The molecule has 3 heterocycles. The van der Waals surface area contributed by atoms with E-state index in [-0.39, 0.29) is 5.57 Å². The van der Waals surface area contributed by atoms with Crippen LogP contribution in [0.5, 0.6) is 0 Å². The fourth-order valence-electron chi connectivity index (χ4n) is 3.95. The van der Waals surface area contributed by atoms with Crippen LogP contribution in [0.3, 0.4) is 0 Å². The van der Waals surface area contributed by atoms with E-state index in [1.807, 2.05) is 38.1 Å². The molecule has 0 saturated carbocycles. The Morgan fingerprint density at radius 2 is 2.03 bits per heavy atom. The van der Waals surface area contributed by atoms with Crippen LogP contribution in [-0.4, -0.2) is 47.0 Å². The summed E-state index contributed by atoms with van der Waals surface area (Å²) in [6.45, 7) is 8.91. The van der Waals surface area contributed by atoms with E-state index in [0.717, 1.165) is 47.3 Å². The molecule has 3 aromatic rings. The zero-order valence-electron chi connectivity index (χ0n) is 19.0. The lowest BCUT2D eigenvalue weighted by molar-refractivity contribution is -0.112. The quantitative estimate of drug-likeness (QED) is 0.441. The summed E-state index contributed by atoms with van der Waals surface area (Å²) in [4.78, 5) is 14.9. The van der Waals surface area contributed by atoms with Gasteiger partial charge in [0, 0.05) is 30.2 Å².